The van der Waals surface area contributed by atoms with Crippen LogP contribution in [0.25, 0.3) is 0 Å². The van der Waals surface area contributed by atoms with Gasteiger partial charge in [-0.3, -0.25) is 0 Å². The summed E-state index contributed by atoms with van der Waals surface area (Å²) in [4.78, 5) is 0. The summed E-state index contributed by atoms with van der Waals surface area (Å²) in [5.74, 6) is 0. The third-order valence-corrected chi connectivity index (χ3v) is 0. The molecule has 0 saturated carbocycles. The molecule has 2 N–H and O–H groups in total. The summed E-state index contributed by atoms with van der Waals surface area (Å²) in [5, 5.41) is 0. The van der Waals surface area contributed by atoms with Crippen molar-refractivity contribution in [2.45, 2.75) is 0 Å². The van der Waals surface area contributed by atoms with E-state index in [0.717, 1.165) is 0 Å². The second-order valence-corrected chi connectivity index (χ2v) is 0. The van der Waals surface area contributed by atoms with Gasteiger partial charge in [-0.2, -0.15) is 0 Å². The maximum absolute atomic E-state index is 0. The van der Waals surface area contributed by atoms with Crippen LogP contribution in [-0.2, 0) is 22.4 Å². The minimum atomic E-state index is 0. The number of hydrogen-bond donors (Lipinski definition) is 0. The minimum absolute atomic E-state index is 0. The van der Waals surface area contributed by atoms with Gasteiger partial charge in [-0.05, 0) is 0 Å². The van der Waals surface area contributed by atoms with Crippen molar-refractivity contribution in [3.63, 3.8) is 0 Å². The molecule has 4 heteroatoms. The van der Waals surface area contributed by atoms with E-state index in [9.17, 15) is 0 Å². The third-order valence-electron chi connectivity index (χ3n) is 0. The molecule has 0 fully saturated rings. The van der Waals surface area contributed by atoms with E-state index in [2.05, 4.69) is 0 Å². The average Bonchev–Trinajstić information content (AvgIpc) is 0. The molecule has 0 heterocycles. The molecule has 0 bridgehead atoms. The molecule has 0 amide bonds. The molecule has 4 heavy (non-hydrogen) atoms. The van der Waals surface area contributed by atoms with Gasteiger partial charge in [0, 0.05) is 103 Å². The molecular weight excluding hydrogens is 171 g/mol. The Labute approximate surface area is 106 Å². The largest absolute Gasteiger partial charge is 0.412 e. The molecule has 0 saturated heterocycles. The van der Waals surface area contributed by atoms with Crippen LogP contribution in [0.3, 0.4) is 0 Å². The van der Waals surface area contributed by atoms with E-state index in [1.807, 2.05) is 0 Å². The zero-order chi connectivity index (χ0) is 0. The van der Waals surface area contributed by atoms with Gasteiger partial charge >= 0.3 is 0 Å². The summed E-state index contributed by atoms with van der Waals surface area (Å²) in [5.41, 5.74) is 0. The molecule has 0 aromatic heterocycles. The first kappa shape index (κ1) is 26.5. The fraction of sp³-hybridized carbons (Fsp3) is 0. The van der Waals surface area contributed by atoms with Gasteiger partial charge in [0.25, 0.3) is 0 Å². The van der Waals surface area contributed by atoms with Gasteiger partial charge in [-0.25, -0.2) is 0 Å². The van der Waals surface area contributed by atoms with Gasteiger partial charge in [0.2, 0.25) is 0 Å². The molecule has 0 aromatic rings. The van der Waals surface area contributed by atoms with Crippen LogP contribution in [0.15, 0.2) is 0 Å². The Morgan fingerprint density at radius 3 is 1.00 bits per heavy atom. The average molecular weight is 173 g/mol. The van der Waals surface area contributed by atoms with Crippen LogP contribution < -0.4 is 0 Å². The summed E-state index contributed by atoms with van der Waals surface area (Å²) in [6.07, 6.45) is 0. The molecule has 0 rings (SSSR count). The first-order valence-corrected chi connectivity index (χ1v) is 0. The number of rotatable bonds is 0. The maximum Gasteiger partial charge on any atom is 0 e. The standard InChI is InChI=1S/K.Na.Nb.H2O/h;;;1H2. The molecule has 0 spiro atoms. The van der Waals surface area contributed by atoms with Gasteiger partial charge in [0.15, 0.2) is 0 Å². The predicted molar refractivity (Wildman–Crippen MR) is 15.1 cm³/mol. The summed E-state index contributed by atoms with van der Waals surface area (Å²) in [7, 11) is 0. The van der Waals surface area contributed by atoms with Crippen molar-refractivity contribution in [2.75, 3.05) is 0 Å². The number of hydrogen-bond acceptors (Lipinski definition) is 0. The van der Waals surface area contributed by atoms with Crippen molar-refractivity contribution in [3.05, 3.63) is 0 Å². The summed E-state index contributed by atoms with van der Waals surface area (Å²) >= 11 is 0. The monoisotopic (exact) mass is 173 g/mol. The molecule has 0 aliphatic rings. The molecular formula is H2KNaNbO. The smallest absolute Gasteiger partial charge is 0 e. The van der Waals surface area contributed by atoms with E-state index in [1.54, 1.807) is 0 Å². The van der Waals surface area contributed by atoms with Gasteiger partial charge in [0.05, 0.1) is 0 Å². The van der Waals surface area contributed by atoms with E-state index in [-0.39, 0.29) is 109 Å². The Bertz CT molecular complexity index is 8.00. The fourth-order valence-electron chi connectivity index (χ4n) is 0. The Hall–Kier alpha value is 3.34. The summed E-state index contributed by atoms with van der Waals surface area (Å²) < 4.78 is 0. The fourth-order valence-corrected chi connectivity index (χ4v) is 0. The van der Waals surface area contributed by atoms with Crippen molar-refractivity contribution in [1.82, 2.24) is 0 Å². The zero-order valence-electron chi connectivity index (χ0n) is 2.95. The van der Waals surface area contributed by atoms with Crippen molar-refractivity contribution in [3.8, 4) is 0 Å². The minimum Gasteiger partial charge on any atom is -0.412 e. The summed E-state index contributed by atoms with van der Waals surface area (Å²) in [6, 6.07) is 0. The van der Waals surface area contributed by atoms with Gasteiger partial charge in [-0.15, -0.1) is 0 Å². The Kier molecular flexibility index (Phi) is 107. The van der Waals surface area contributed by atoms with E-state index >= 15 is 0 Å². The van der Waals surface area contributed by atoms with Crippen LogP contribution >= 0.6 is 0 Å². The van der Waals surface area contributed by atoms with Crippen LogP contribution in [-0.4, -0.2) is 86.4 Å². The second-order valence-electron chi connectivity index (χ2n) is 0. The van der Waals surface area contributed by atoms with E-state index in [1.165, 1.54) is 0 Å². The van der Waals surface area contributed by atoms with Crippen LogP contribution in [0.2, 0.25) is 0 Å². The maximum atomic E-state index is 0. The van der Waals surface area contributed by atoms with Crippen LogP contribution in [0, 0.1) is 0 Å². The molecule has 0 atom stereocenters. The second kappa shape index (κ2) is 16.2. The molecule has 0 aromatic carbocycles. The van der Waals surface area contributed by atoms with Crippen molar-refractivity contribution in [1.29, 1.82) is 0 Å². The molecule has 1 nitrogen and oxygen atoms in total. The third kappa shape index (κ3) is 9.01. The first-order valence-electron chi connectivity index (χ1n) is 0. The quantitative estimate of drug-likeness (QED) is 0.395. The molecule has 0 aliphatic carbocycles. The Morgan fingerprint density at radius 2 is 1.00 bits per heavy atom. The van der Waals surface area contributed by atoms with E-state index in [0.29, 0.717) is 0 Å². The SMILES string of the molecule is O.[K].[Na].[Nb]. The molecule has 0 aliphatic heterocycles. The topological polar surface area (TPSA) is 31.5 Å². The van der Waals surface area contributed by atoms with E-state index < -0.39 is 0 Å². The van der Waals surface area contributed by atoms with Crippen LogP contribution in [0.5, 0.6) is 0 Å². The zero-order valence-corrected chi connectivity index (χ0v) is 10.3. The Morgan fingerprint density at radius 1 is 1.00 bits per heavy atom. The van der Waals surface area contributed by atoms with E-state index in [4.69, 9.17) is 0 Å². The van der Waals surface area contributed by atoms with Crippen molar-refractivity contribution in [2.24, 2.45) is 0 Å². The first-order chi connectivity index (χ1) is 0. The van der Waals surface area contributed by atoms with Crippen molar-refractivity contribution < 1.29 is 27.9 Å². The van der Waals surface area contributed by atoms with Crippen LogP contribution in [0.1, 0.15) is 0 Å². The van der Waals surface area contributed by atoms with Crippen LogP contribution in [0.4, 0.5) is 0 Å². The van der Waals surface area contributed by atoms with Crippen molar-refractivity contribution >= 4 is 80.9 Å². The Balaban J connectivity index is 0. The molecule has 15 valence electrons. The van der Waals surface area contributed by atoms with Gasteiger partial charge in [-0.1, -0.05) is 0 Å². The van der Waals surface area contributed by atoms with Gasteiger partial charge in [0.1, 0.15) is 0 Å². The predicted octanol–water partition coefficient (Wildman–Crippen LogP) is -1.59. The van der Waals surface area contributed by atoms with Gasteiger partial charge < -0.3 is 5.48 Å². The normalized spacial score (nSPS) is 0. The molecule has 0 unspecified atom stereocenters. The molecule has 3 radical (unpaired) electrons. The summed E-state index contributed by atoms with van der Waals surface area (Å²) in [6.45, 7) is 0.